The first-order chi connectivity index (χ1) is 17.8. The lowest BCUT2D eigenvalue weighted by molar-refractivity contribution is -0.122. The summed E-state index contributed by atoms with van der Waals surface area (Å²) in [5, 5.41) is 2.92. The number of carbonyl (C=O) groups is 2. The SMILES string of the molecule is Cc1ccc(N2CC(C(=O)Nc3ccc(Oc4cc(-n5cnc(C)c5C)nc(C)n4)cc3)CC2=O)cc1. The molecule has 1 aliphatic heterocycles. The van der Waals surface area contributed by atoms with Gasteiger partial charge in [0.25, 0.3) is 0 Å². The van der Waals surface area contributed by atoms with Crippen molar-refractivity contribution < 1.29 is 14.3 Å². The first kappa shape index (κ1) is 24.2. The summed E-state index contributed by atoms with van der Waals surface area (Å²) in [6, 6.07) is 16.5. The number of imidazole rings is 1. The van der Waals surface area contributed by atoms with Crippen LogP contribution in [0.5, 0.6) is 11.6 Å². The number of nitrogens with zero attached hydrogens (tertiary/aromatic N) is 5. The predicted molar refractivity (Wildman–Crippen MR) is 140 cm³/mol. The minimum absolute atomic E-state index is 0.0479. The van der Waals surface area contributed by atoms with Crippen molar-refractivity contribution in [3.63, 3.8) is 0 Å². The molecule has 1 saturated heterocycles. The summed E-state index contributed by atoms with van der Waals surface area (Å²) in [5.41, 5.74) is 4.49. The third kappa shape index (κ3) is 5.20. The Bertz CT molecular complexity index is 1460. The number of ether oxygens (including phenoxy) is 1. The van der Waals surface area contributed by atoms with Crippen LogP contribution in [0, 0.1) is 33.6 Å². The Morgan fingerprint density at radius 2 is 1.73 bits per heavy atom. The van der Waals surface area contributed by atoms with Crippen molar-refractivity contribution in [1.82, 2.24) is 19.5 Å². The molecular formula is C28H28N6O3. The number of carbonyl (C=O) groups excluding carboxylic acids is 2. The second kappa shape index (κ2) is 9.85. The Kier molecular flexibility index (Phi) is 6.43. The largest absolute Gasteiger partial charge is 0.439 e. The number of amides is 2. The maximum atomic E-state index is 12.9. The molecule has 9 heteroatoms. The van der Waals surface area contributed by atoms with Gasteiger partial charge in [-0.15, -0.1) is 0 Å². The summed E-state index contributed by atoms with van der Waals surface area (Å²) in [5.74, 6) is 1.59. The lowest BCUT2D eigenvalue weighted by Gasteiger charge is -2.17. The van der Waals surface area contributed by atoms with Crippen molar-refractivity contribution in [2.24, 2.45) is 5.92 Å². The minimum atomic E-state index is -0.414. The van der Waals surface area contributed by atoms with Crippen molar-refractivity contribution in [2.75, 3.05) is 16.8 Å². The maximum Gasteiger partial charge on any atom is 0.229 e. The summed E-state index contributed by atoms with van der Waals surface area (Å²) < 4.78 is 7.86. The highest BCUT2D eigenvalue weighted by molar-refractivity contribution is 6.03. The molecular weight excluding hydrogens is 468 g/mol. The van der Waals surface area contributed by atoms with Crippen molar-refractivity contribution in [2.45, 2.75) is 34.1 Å². The van der Waals surface area contributed by atoms with Crippen LogP contribution in [0.25, 0.3) is 5.82 Å². The van der Waals surface area contributed by atoms with Crippen LogP contribution in [0.3, 0.4) is 0 Å². The fourth-order valence-corrected chi connectivity index (χ4v) is 4.26. The van der Waals surface area contributed by atoms with Crippen LogP contribution in [0.15, 0.2) is 60.9 Å². The Morgan fingerprint density at radius 3 is 2.41 bits per heavy atom. The van der Waals surface area contributed by atoms with Crippen molar-refractivity contribution >= 4 is 23.2 Å². The summed E-state index contributed by atoms with van der Waals surface area (Å²) in [6.45, 7) is 8.09. The molecule has 1 unspecified atom stereocenters. The van der Waals surface area contributed by atoms with E-state index >= 15 is 0 Å². The number of rotatable bonds is 6. The lowest BCUT2D eigenvalue weighted by atomic mass is 10.1. The molecule has 2 aromatic carbocycles. The van der Waals surface area contributed by atoms with E-state index in [4.69, 9.17) is 4.74 Å². The molecule has 0 spiro atoms. The molecule has 0 radical (unpaired) electrons. The van der Waals surface area contributed by atoms with E-state index in [0.29, 0.717) is 35.5 Å². The zero-order valence-electron chi connectivity index (χ0n) is 21.2. The molecule has 2 aromatic heterocycles. The molecule has 37 heavy (non-hydrogen) atoms. The van der Waals surface area contributed by atoms with Gasteiger partial charge in [-0.25, -0.2) is 9.97 Å². The number of anilines is 2. The average molecular weight is 497 g/mol. The molecule has 2 amide bonds. The van der Waals surface area contributed by atoms with Gasteiger partial charge in [0.2, 0.25) is 17.7 Å². The molecule has 1 N–H and O–H groups in total. The van der Waals surface area contributed by atoms with Crippen LogP contribution in [0.4, 0.5) is 11.4 Å². The Morgan fingerprint density at radius 1 is 1.00 bits per heavy atom. The quantitative estimate of drug-likeness (QED) is 0.416. The van der Waals surface area contributed by atoms with Crippen LogP contribution in [0.2, 0.25) is 0 Å². The van der Waals surface area contributed by atoms with Crippen LogP contribution >= 0.6 is 0 Å². The highest BCUT2D eigenvalue weighted by Crippen LogP contribution is 2.28. The monoisotopic (exact) mass is 496 g/mol. The number of nitrogens with one attached hydrogen (secondary N) is 1. The molecule has 0 bridgehead atoms. The number of aromatic nitrogens is 4. The zero-order chi connectivity index (χ0) is 26.1. The van der Waals surface area contributed by atoms with Gasteiger partial charge in [-0.1, -0.05) is 17.7 Å². The van der Waals surface area contributed by atoms with Gasteiger partial charge in [0.05, 0.1) is 11.6 Å². The molecule has 9 nitrogen and oxygen atoms in total. The minimum Gasteiger partial charge on any atom is -0.439 e. The van der Waals surface area contributed by atoms with Crippen LogP contribution in [0.1, 0.15) is 29.2 Å². The normalized spacial score (nSPS) is 15.2. The second-order valence-electron chi connectivity index (χ2n) is 9.25. The van der Waals surface area contributed by atoms with E-state index in [1.165, 1.54) is 0 Å². The first-order valence-electron chi connectivity index (χ1n) is 12.1. The van der Waals surface area contributed by atoms with E-state index in [0.717, 1.165) is 22.6 Å². The fraction of sp³-hybridized carbons (Fsp3) is 0.250. The molecule has 4 aromatic rings. The van der Waals surface area contributed by atoms with Gasteiger partial charge >= 0.3 is 0 Å². The molecule has 188 valence electrons. The van der Waals surface area contributed by atoms with Crippen molar-refractivity contribution in [3.8, 4) is 17.4 Å². The van der Waals surface area contributed by atoms with Gasteiger partial charge in [-0.2, -0.15) is 4.98 Å². The van der Waals surface area contributed by atoms with Gasteiger partial charge in [-0.3, -0.25) is 14.2 Å². The van der Waals surface area contributed by atoms with E-state index in [2.05, 4.69) is 20.3 Å². The Balaban J connectivity index is 1.23. The van der Waals surface area contributed by atoms with Crippen LogP contribution < -0.4 is 15.0 Å². The van der Waals surface area contributed by atoms with Crippen LogP contribution in [-0.4, -0.2) is 37.9 Å². The molecule has 0 aliphatic carbocycles. The Hall–Kier alpha value is -4.53. The van der Waals surface area contributed by atoms with Gasteiger partial charge in [0, 0.05) is 36.1 Å². The third-order valence-corrected chi connectivity index (χ3v) is 6.49. The topological polar surface area (TPSA) is 102 Å². The average Bonchev–Trinajstić information content (AvgIpc) is 3.42. The van der Waals surface area contributed by atoms with E-state index < -0.39 is 5.92 Å². The standard InChI is InChI=1S/C28H28N6O3/c1-17-5-9-23(10-6-17)33-15-21(13-27(33)35)28(36)32-22-7-11-24(12-8-22)37-26-14-25(30-20(4)31-26)34-16-29-18(2)19(34)3/h5-12,14,16,21H,13,15H2,1-4H3,(H,32,36). The molecule has 3 heterocycles. The highest BCUT2D eigenvalue weighted by atomic mass is 16.5. The summed E-state index contributed by atoms with van der Waals surface area (Å²) in [4.78, 5) is 40.3. The molecule has 0 saturated carbocycles. The van der Waals surface area contributed by atoms with E-state index in [9.17, 15) is 9.59 Å². The fourth-order valence-electron chi connectivity index (χ4n) is 4.26. The van der Waals surface area contributed by atoms with Crippen molar-refractivity contribution in [1.29, 1.82) is 0 Å². The van der Waals surface area contributed by atoms with Gasteiger partial charge in [0.15, 0.2) is 0 Å². The first-order valence-corrected chi connectivity index (χ1v) is 12.1. The lowest BCUT2D eigenvalue weighted by Crippen LogP contribution is -2.28. The van der Waals surface area contributed by atoms with E-state index in [1.807, 2.05) is 56.5 Å². The molecule has 1 atom stereocenters. The number of hydrogen-bond donors (Lipinski definition) is 1. The molecule has 1 fully saturated rings. The summed E-state index contributed by atoms with van der Waals surface area (Å²) in [7, 11) is 0. The second-order valence-corrected chi connectivity index (χ2v) is 9.25. The Labute approximate surface area is 215 Å². The highest BCUT2D eigenvalue weighted by Gasteiger charge is 2.35. The van der Waals surface area contributed by atoms with Gasteiger partial charge < -0.3 is 15.0 Å². The van der Waals surface area contributed by atoms with Gasteiger partial charge in [0.1, 0.15) is 23.7 Å². The zero-order valence-corrected chi connectivity index (χ0v) is 21.2. The number of benzene rings is 2. The maximum absolute atomic E-state index is 12.9. The van der Waals surface area contributed by atoms with E-state index in [1.54, 1.807) is 41.6 Å². The smallest absolute Gasteiger partial charge is 0.229 e. The predicted octanol–water partition coefficient (Wildman–Crippen LogP) is 4.68. The van der Waals surface area contributed by atoms with Crippen molar-refractivity contribution in [3.05, 3.63) is 83.7 Å². The number of aryl methyl sites for hydroxylation is 3. The third-order valence-electron chi connectivity index (χ3n) is 6.49. The van der Waals surface area contributed by atoms with Crippen LogP contribution in [-0.2, 0) is 9.59 Å². The summed E-state index contributed by atoms with van der Waals surface area (Å²) >= 11 is 0. The van der Waals surface area contributed by atoms with E-state index in [-0.39, 0.29) is 18.2 Å². The molecule has 1 aliphatic rings. The number of hydrogen-bond acceptors (Lipinski definition) is 6. The summed E-state index contributed by atoms with van der Waals surface area (Å²) in [6.07, 6.45) is 1.91. The molecule has 5 rings (SSSR count). The van der Waals surface area contributed by atoms with Gasteiger partial charge in [-0.05, 0) is 64.1 Å².